The number of thioether (sulfide) groups is 1. The molecule has 0 saturated carbocycles. The lowest BCUT2D eigenvalue weighted by Crippen LogP contribution is -2.35. The predicted molar refractivity (Wildman–Crippen MR) is 89.9 cm³/mol. The summed E-state index contributed by atoms with van der Waals surface area (Å²) in [4.78, 5) is 12.7. The van der Waals surface area contributed by atoms with E-state index in [9.17, 15) is 4.79 Å². The summed E-state index contributed by atoms with van der Waals surface area (Å²) < 4.78 is 0. The van der Waals surface area contributed by atoms with E-state index in [1.807, 2.05) is 6.92 Å². The van der Waals surface area contributed by atoms with Gasteiger partial charge in [-0.05, 0) is 19.1 Å². The molecule has 1 unspecified atom stereocenters. The van der Waals surface area contributed by atoms with Crippen LogP contribution in [0.15, 0.2) is 34.3 Å². The fourth-order valence-electron chi connectivity index (χ4n) is 1.99. The van der Waals surface area contributed by atoms with Crippen LogP contribution in [0.1, 0.15) is 13.3 Å². The summed E-state index contributed by atoms with van der Waals surface area (Å²) in [7, 11) is 1.63. The van der Waals surface area contributed by atoms with E-state index in [0.29, 0.717) is 27.0 Å². The Hall–Kier alpha value is -1.17. The van der Waals surface area contributed by atoms with E-state index >= 15 is 0 Å². The van der Waals surface area contributed by atoms with E-state index in [1.54, 1.807) is 19.2 Å². The maximum atomic E-state index is 12.0. The molecule has 1 aliphatic rings. The molecule has 2 N–H and O–H groups in total. The maximum Gasteiger partial charge on any atom is 0.250 e. The van der Waals surface area contributed by atoms with Gasteiger partial charge in [-0.2, -0.15) is 5.10 Å². The zero-order valence-corrected chi connectivity index (χ0v) is 14.0. The number of amides is 1. The zero-order chi connectivity index (χ0) is 15.7. The third kappa shape index (κ3) is 3.54. The molecular formula is C14H15Cl2N3OS. The molecule has 0 aromatic heterocycles. The van der Waals surface area contributed by atoms with Crippen molar-refractivity contribution < 1.29 is 4.79 Å². The summed E-state index contributed by atoms with van der Waals surface area (Å²) in [6, 6.07) is 3.29. The van der Waals surface area contributed by atoms with Crippen LogP contribution < -0.4 is 5.73 Å². The van der Waals surface area contributed by atoms with Crippen LogP contribution in [-0.4, -0.2) is 23.0 Å². The number of carbonyl (C=O) groups is 1. The van der Waals surface area contributed by atoms with Gasteiger partial charge in [0.15, 0.2) is 0 Å². The van der Waals surface area contributed by atoms with Crippen LogP contribution in [0.25, 0.3) is 0 Å². The molecule has 0 fully saturated rings. The monoisotopic (exact) mass is 343 g/mol. The summed E-state index contributed by atoms with van der Waals surface area (Å²) in [6.45, 7) is 5.71. The summed E-state index contributed by atoms with van der Waals surface area (Å²) in [6.07, 6.45) is 0.500. The average molecular weight is 344 g/mol. The fraction of sp³-hybridized carbons (Fsp3) is 0.286. The topological polar surface area (TPSA) is 58.7 Å². The third-order valence-corrected chi connectivity index (χ3v) is 5.04. The van der Waals surface area contributed by atoms with Crippen molar-refractivity contribution >= 4 is 51.6 Å². The highest BCUT2D eigenvalue weighted by molar-refractivity contribution is 8.14. The Labute approximate surface area is 138 Å². The Bertz CT molecular complexity index is 622. The van der Waals surface area contributed by atoms with Gasteiger partial charge in [0, 0.05) is 19.2 Å². The second-order valence-corrected chi connectivity index (χ2v) is 6.77. The largest absolute Gasteiger partial charge is 0.399 e. The van der Waals surface area contributed by atoms with Gasteiger partial charge in [-0.25, -0.2) is 5.01 Å². The van der Waals surface area contributed by atoms with E-state index in [2.05, 4.69) is 11.7 Å². The van der Waals surface area contributed by atoms with Gasteiger partial charge in [-0.15, -0.1) is 0 Å². The van der Waals surface area contributed by atoms with Gasteiger partial charge in [0.25, 0.3) is 0 Å². The second-order valence-electron chi connectivity index (χ2n) is 4.87. The molecule has 7 heteroatoms. The fourth-order valence-corrected chi connectivity index (χ4v) is 3.68. The Morgan fingerprint density at radius 2 is 2.05 bits per heavy atom. The number of hydrazone groups is 1. The van der Waals surface area contributed by atoms with Gasteiger partial charge in [0.2, 0.25) is 5.91 Å². The number of nitrogens with two attached hydrogens (primary N) is 1. The molecule has 21 heavy (non-hydrogen) atoms. The Balaban J connectivity index is 2.30. The number of nitrogen functional groups attached to an aromatic ring is 1. The number of hydrogen-bond acceptors (Lipinski definition) is 4. The molecule has 0 bridgehead atoms. The van der Waals surface area contributed by atoms with Crippen LogP contribution >= 0.6 is 35.0 Å². The summed E-state index contributed by atoms with van der Waals surface area (Å²) in [5.74, 6) is -0.317. The molecule has 4 nitrogen and oxygen atoms in total. The molecule has 1 aromatic rings. The minimum absolute atomic E-state index is 0.0543. The highest BCUT2D eigenvalue weighted by atomic mass is 35.5. The number of hydrogen-bond donors (Lipinski definition) is 1. The van der Waals surface area contributed by atoms with Crippen LogP contribution in [0.3, 0.4) is 0 Å². The number of halogens is 2. The molecule has 1 atom stereocenters. The lowest BCUT2D eigenvalue weighted by atomic mass is 9.96. The Morgan fingerprint density at radius 1 is 1.48 bits per heavy atom. The van der Waals surface area contributed by atoms with E-state index in [-0.39, 0.29) is 11.8 Å². The second kappa shape index (κ2) is 6.30. The first-order valence-corrected chi connectivity index (χ1v) is 7.79. The smallest absolute Gasteiger partial charge is 0.250 e. The molecule has 0 radical (unpaired) electrons. The average Bonchev–Trinajstić information content (AvgIpc) is 2.37. The molecule has 0 spiro atoms. The minimum atomic E-state index is -0.263. The molecule has 1 aromatic carbocycles. The molecular weight excluding hydrogens is 329 g/mol. The Kier molecular flexibility index (Phi) is 4.86. The quantitative estimate of drug-likeness (QED) is 0.651. The zero-order valence-electron chi connectivity index (χ0n) is 11.7. The first kappa shape index (κ1) is 16.2. The Morgan fingerprint density at radius 3 is 2.57 bits per heavy atom. The maximum absolute atomic E-state index is 12.0. The van der Waals surface area contributed by atoms with Crippen LogP contribution in [0.2, 0.25) is 10.0 Å². The van der Waals surface area contributed by atoms with E-state index < -0.39 is 0 Å². The first-order valence-electron chi connectivity index (χ1n) is 6.22. The van der Waals surface area contributed by atoms with Crippen molar-refractivity contribution in [3.05, 3.63) is 34.3 Å². The highest BCUT2D eigenvalue weighted by Crippen LogP contribution is 2.39. The minimum Gasteiger partial charge on any atom is -0.399 e. The van der Waals surface area contributed by atoms with Crippen LogP contribution in [0.5, 0.6) is 0 Å². The van der Waals surface area contributed by atoms with Crippen LogP contribution in [-0.2, 0) is 4.79 Å². The predicted octanol–water partition coefficient (Wildman–Crippen LogP) is 4.04. The van der Waals surface area contributed by atoms with Gasteiger partial charge in [0.05, 0.1) is 25.9 Å². The summed E-state index contributed by atoms with van der Waals surface area (Å²) in [5, 5.41) is 7.31. The van der Waals surface area contributed by atoms with Crippen molar-refractivity contribution in [3.8, 4) is 0 Å². The number of carbonyl (C=O) groups excluding carboxylic acids is 1. The molecule has 1 aliphatic heterocycles. The number of benzene rings is 1. The van der Waals surface area contributed by atoms with Crippen molar-refractivity contribution in [2.45, 2.75) is 18.2 Å². The number of nitrogens with zero attached hydrogens (tertiary/aromatic N) is 2. The third-order valence-electron chi connectivity index (χ3n) is 3.09. The summed E-state index contributed by atoms with van der Waals surface area (Å²) >= 11 is 13.7. The number of anilines is 1. The highest BCUT2D eigenvalue weighted by Gasteiger charge is 2.30. The molecule has 1 amide bonds. The van der Waals surface area contributed by atoms with E-state index in [1.165, 1.54) is 16.8 Å². The lowest BCUT2D eigenvalue weighted by molar-refractivity contribution is -0.133. The van der Waals surface area contributed by atoms with Crippen molar-refractivity contribution in [1.29, 1.82) is 0 Å². The van der Waals surface area contributed by atoms with Gasteiger partial charge >= 0.3 is 0 Å². The van der Waals surface area contributed by atoms with E-state index in [0.717, 1.165) is 10.6 Å². The molecule has 0 aliphatic carbocycles. The molecule has 2 rings (SSSR count). The molecule has 0 saturated heterocycles. The van der Waals surface area contributed by atoms with Crippen LogP contribution in [0.4, 0.5) is 5.69 Å². The van der Waals surface area contributed by atoms with Gasteiger partial charge in [-0.1, -0.05) is 47.1 Å². The SMILES string of the molecule is C=C(C)C1CC(Sc2c(Cl)cc(N)cc2Cl)=NN(C)C1=O. The standard InChI is InChI=1S/C14H15Cl2N3OS/c1-7(2)9-6-12(18-19(3)14(9)20)21-13-10(15)4-8(17)5-11(13)16/h4-5,9H,1,6,17H2,2-3H3. The molecule has 1 heterocycles. The van der Waals surface area contributed by atoms with Crippen molar-refractivity contribution in [1.82, 2.24) is 5.01 Å². The van der Waals surface area contributed by atoms with E-state index in [4.69, 9.17) is 28.9 Å². The summed E-state index contributed by atoms with van der Waals surface area (Å²) in [5.41, 5.74) is 7.01. The van der Waals surface area contributed by atoms with Gasteiger partial charge in [-0.3, -0.25) is 4.79 Å². The number of rotatable bonds is 2. The van der Waals surface area contributed by atoms with Crippen molar-refractivity contribution in [3.63, 3.8) is 0 Å². The first-order chi connectivity index (χ1) is 9.79. The van der Waals surface area contributed by atoms with Gasteiger partial charge in [0.1, 0.15) is 0 Å². The molecule has 112 valence electrons. The normalized spacial score (nSPS) is 18.7. The van der Waals surface area contributed by atoms with Crippen LogP contribution in [0, 0.1) is 5.92 Å². The van der Waals surface area contributed by atoms with Crippen molar-refractivity contribution in [2.24, 2.45) is 11.0 Å². The lowest BCUT2D eigenvalue weighted by Gasteiger charge is -2.27. The van der Waals surface area contributed by atoms with Gasteiger partial charge < -0.3 is 5.73 Å². The van der Waals surface area contributed by atoms with Crippen molar-refractivity contribution in [2.75, 3.05) is 12.8 Å².